The van der Waals surface area contributed by atoms with Gasteiger partial charge in [-0.1, -0.05) is 39.0 Å². The second kappa shape index (κ2) is 9.88. The molecule has 0 amide bonds. The van der Waals surface area contributed by atoms with Crippen molar-refractivity contribution in [2.24, 2.45) is 23.7 Å². The van der Waals surface area contributed by atoms with Gasteiger partial charge >= 0.3 is 11.9 Å². The maximum absolute atomic E-state index is 12.6. The Morgan fingerprint density at radius 1 is 1.33 bits per heavy atom. The molecule has 2 N–H and O–H groups in total. The Balaban J connectivity index is 2.07. The van der Waals surface area contributed by atoms with E-state index in [0.29, 0.717) is 23.8 Å². The standard InChI is InChI=1S/C26H40O7/c1-8-18(28)25(29)33-21-12-19(31-16(6)27)15(5)11-20-22-14(4)9-10-17(13(2)3)23(22)24(32-20)26(21,7)30/h9,13,17-24,28,30H,5,8,10-12H2,1-4,6-7H3. The van der Waals surface area contributed by atoms with Gasteiger partial charge in [-0.15, -0.1) is 0 Å². The average Bonchev–Trinajstić information content (AvgIpc) is 3.12. The third-order valence-electron chi connectivity index (χ3n) is 7.87. The molecule has 2 fully saturated rings. The summed E-state index contributed by atoms with van der Waals surface area (Å²) in [4.78, 5) is 24.4. The highest BCUT2D eigenvalue weighted by Crippen LogP contribution is 2.54. The molecular weight excluding hydrogens is 424 g/mol. The molecule has 2 heterocycles. The smallest absolute Gasteiger partial charge is 0.335 e. The molecule has 7 nitrogen and oxygen atoms in total. The first-order chi connectivity index (χ1) is 15.4. The first-order valence-corrected chi connectivity index (χ1v) is 12.2. The van der Waals surface area contributed by atoms with Gasteiger partial charge in [0, 0.05) is 25.2 Å². The fourth-order valence-electron chi connectivity index (χ4n) is 5.98. The SMILES string of the molecule is C=C1CC2OC(C3C(C(C)C)CC=C(C)C23)C(C)(O)C(OC(=O)C(O)CC)CC1OC(C)=O. The van der Waals surface area contributed by atoms with Crippen molar-refractivity contribution in [3.8, 4) is 0 Å². The normalized spacial score (nSPS) is 39.6. The van der Waals surface area contributed by atoms with Crippen LogP contribution < -0.4 is 0 Å². The number of carbonyl (C=O) groups is 2. The lowest BCUT2D eigenvalue weighted by atomic mass is 9.62. The van der Waals surface area contributed by atoms with Crippen LogP contribution in [0.2, 0.25) is 0 Å². The van der Waals surface area contributed by atoms with Crippen molar-refractivity contribution >= 4 is 11.9 Å². The first kappa shape index (κ1) is 25.9. The molecule has 0 aromatic heterocycles. The van der Waals surface area contributed by atoms with Gasteiger partial charge in [0.05, 0.1) is 12.2 Å². The third kappa shape index (κ3) is 5.05. The highest BCUT2D eigenvalue weighted by atomic mass is 16.6. The zero-order valence-electron chi connectivity index (χ0n) is 20.7. The predicted octanol–water partition coefficient (Wildman–Crippen LogP) is 3.32. The van der Waals surface area contributed by atoms with Crippen LogP contribution in [0, 0.1) is 23.7 Å². The number of carbonyl (C=O) groups excluding carboxylic acids is 2. The van der Waals surface area contributed by atoms with Gasteiger partial charge in [0.15, 0.2) is 6.10 Å². The summed E-state index contributed by atoms with van der Waals surface area (Å²) in [6, 6.07) is 0. The number of allylic oxidation sites excluding steroid dienone is 1. The molecule has 7 heteroatoms. The van der Waals surface area contributed by atoms with Gasteiger partial charge in [0.1, 0.15) is 17.8 Å². The molecule has 2 bridgehead atoms. The molecule has 2 aliphatic heterocycles. The highest BCUT2D eigenvalue weighted by molar-refractivity contribution is 5.74. The second-order valence-electron chi connectivity index (χ2n) is 10.6. The van der Waals surface area contributed by atoms with Crippen LogP contribution >= 0.6 is 0 Å². The summed E-state index contributed by atoms with van der Waals surface area (Å²) in [6.45, 7) is 15.3. The quantitative estimate of drug-likeness (QED) is 0.475. The Morgan fingerprint density at radius 3 is 2.58 bits per heavy atom. The largest absolute Gasteiger partial charge is 0.458 e. The molecular formula is C26H40O7. The minimum atomic E-state index is -1.56. The van der Waals surface area contributed by atoms with Crippen LogP contribution in [0.25, 0.3) is 0 Å². The van der Waals surface area contributed by atoms with Crippen LogP contribution in [0.15, 0.2) is 23.8 Å². The van der Waals surface area contributed by atoms with E-state index < -0.39 is 42.0 Å². The van der Waals surface area contributed by atoms with Gasteiger partial charge in [-0.05, 0) is 50.5 Å². The molecule has 9 atom stereocenters. The molecule has 0 saturated carbocycles. The molecule has 1 aliphatic carbocycles. The average molecular weight is 465 g/mol. The van der Waals surface area contributed by atoms with Crippen LogP contribution in [-0.2, 0) is 23.8 Å². The molecule has 3 aliphatic rings. The molecule has 3 rings (SSSR count). The predicted molar refractivity (Wildman–Crippen MR) is 123 cm³/mol. The van der Waals surface area contributed by atoms with E-state index in [1.165, 1.54) is 12.5 Å². The maximum Gasteiger partial charge on any atom is 0.335 e. The molecule has 0 radical (unpaired) electrons. The van der Waals surface area contributed by atoms with E-state index in [1.807, 2.05) is 0 Å². The Bertz CT molecular complexity index is 798. The van der Waals surface area contributed by atoms with Gasteiger partial charge in [0.2, 0.25) is 0 Å². The lowest BCUT2D eigenvalue weighted by Crippen LogP contribution is -2.57. The van der Waals surface area contributed by atoms with E-state index in [2.05, 4.69) is 33.4 Å². The van der Waals surface area contributed by atoms with Gasteiger partial charge in [0.25, 0.3) is 0 Å². The van der Waals surface area contributed by atoms with Crippen molar-refractivity contribution in [2.75, 3.05) is 0 Å². The number of hydrogen-bond donors (Lipinski definition) is 2. The van der Waals surface area contributed by atoms with Crippen LogP contribution in [0.3, 0.4) is 0 Å². The van der Waals surface area contributed by atoms with Crippen LogP contribution in [0.5, 0.6) is 0 Å². The van der Waals surface area contributed by atoms with Crippen LogP contribution in [-0.4, -0.2) is 58.3 Å². The molecule has 0 spiro atoms. The van der Waals surface area contributed by atoms with Gasteiger partial charge < -0.3 is 24.4 Å². The number of fused-ring (bicyclic) bond motifs is 5. The lowest BCUT2D eigenvalue weighted by molar-refractivity contribution is -0.200. The second-order valence-corrected chi connectivity index (χ2v) is 10.6. The van der Waals surface area contributed by atoms with E-state index >= 15 is 0 Å². The van der Waals surface area contributed by atoms with E-state index in [-0.39, 0.29) is 30.8 Å². The minimum Gasteiger partial charge on any atom is -0.458 e. The number of hydrogen-bond acceptors (Lipinski definition) is 7. The van der Waals surface area contributed by atoms with Crippen molar-refractivity contribution in [2.45, 2.75) is 103 Å². The number of ether oxygens (including phenoxy) is 3. The van der Waals surface area contributed by atoms with Crippen molar-refractivity contribution < 1.29 is 34.0 Å². The Kier molecular flexibility index (Phi) is 7.76. The number of esters is 2. The summed E-state index contributed by atoms with van der Waals surface area (Å²) in [5.41, 5.74) is 0.339. The van der Waals surface area contributed by atoms with Crippen molar-refractivity contribution in [3.63, 3.8) is 0 Å². The molecule has 2 saturated heterocycles. The van der Waals surface area contributed by atoms with Crippen LogP contribution in [0.4, 0.5) is 0 Å². The van der Waals surface area contributed by atoms with Crippen molar-refractivity contribution in [1.82, 2.24) is 0 Å². The summed E-state index contributed by atoms with van der Waals surface area (Å²) in [7, 11) is 0. The van der Waals surface area contributed by atoms with E-state index in [0.717, 1.165) is 6.42 Å². The molecule has 186 valence electrons. The fourth-order valence-corrected chi connectivity index (χ4v) is 5.98. The summed E-state index contributed by atoms with van der Waals surface area (Å²) in [5.74, 6) is -0.463. The van der Waals surface area contributed by atoms with Gasteiger partial charge in [-0.2, -0.15) is 0 Å². The fraction of sp³-hybridized carbons (Fsp3) is 0.769. The summed E-state index contributed by atoms with van der Waals surface area (Å²) in [6.07, 6.45) is 0.0371. The van der Waals surface area contributed by atoms with Crippen LogP contribution in [0.1, 0.15) is 67.2 Å². The maximum atomic E-state index is 12.6. The summed E-state index contributed by atoms with van der Waals surface area (Å²) in [5, 5.41) is 22.0. The minimum absolute atomic E-state index is 0.0466. The Labute approximate surface area is 197 Å². The summed E-state index contributed by atoms with van der Waals surface area (Å²) < 4.78 is 17.8. The van der Waals surface area contributed by atoms with E-state index in [9.17, 15) is 19.8 Å². The molecule has 33 heavy (non-hydrogen) atoms. The third-order valence-corrected chi connectivity index (χ3v) is 7.87. The zero-order valence-corrected chi connectivity index (χ0v) is 20.7. The zero-order chi connectivity index (χ0) is 24.7. The number of aliphatic hydroxyl groups excluding tert-OH is 1. The molecule has 0 aromatic carbocycles. The van der Waals surface area contributed by atoms with E-state index in [1.54, 1.807) is 13.8 Å². The van der Waals surface area contributed by atoms with Gasteiger partial charge in [-0.25, -0.2) is 4.79 Å². The first-order valence-electron chi connectivity index (χ1n) is 12.2. The molecule has 0 aromatic rings. The number of aliphatic hydroxyl groups is 2. The monoisotopic (exact) mass is 464 g/mol. The van der Waals surface area contributed by atoms with Gasteiger partial charge in [-0.3, -0.25) is 4.79 Å². The molecule has 9 unspecified atom stereocenters. The van der Waals surface area contributed by atoms with E-state index in [4.69, 9.17) is 14.2 Å². The lowest BCUT2D eigenvalue weighted by Gasteiger charge is -2.45. The summed E-state index contributed by atoms with van der Waals surface area (Å²) >= 11 is 0. The topological polar surface area (TPSA) is 102 Å². The highest BCUT2D eigenvalue weighted by Gasteiger charge is 2.60. The number of rotatable bonds is 5. The Morgan fingerprint density at radius 2 is 2.00 bits per heavy atom. The Hall–Kier alpha value is -1.70. The van der Waals surface area contributed by atoms with Crippen molar-refractivity contribution in [1.29, 1.82) is 0 Å². The van der Waals surface area contributed by atoms with Crippen molar-refractivity contribution in [3.05, 3.63) is 23.8 Å².